The third kappa shape index (κ3) is 6.85. The maximum absolute atomic E-state index is 13.0. The zero-order valence-corrected chi connectivity index (χ0v) is 25.9. The van der Waals surface area contributed by atoms with Crippen LogP contribution >= 0.6 is 12.4 Å². The number of aromatic carboxylic acids is 1. The average Bonchev–Trinajstić information content (AvgIpc) is 3.68. The zero-order valence-electron chi connectivity index (χ0n) is 25.1. The average molecular weight is 649 g/mol. The number of anilines is 1. The minimum absolute atomic E-state index is 0. The smallest absolute Gasteiger partial charge is 0.354 e. The van der Waals surface area contributed by atoms with E-state index in [0.717, 1.165) is 22.3 Å². The molecule has 2 aromatic heterocycles. The summed E-state index contributed by atoms with van der Waals surface area (Å²) in [5.74, 6) is -1.51. The molecule has 46 heavy (non-hydrogen) atoms. The minimum Gasteiger partial charge on any atom is -0.479 e. The lowest BCUT2D eigenvalue weighted by molar-refractivity contribution is -0.122. The van der Waals surface area contributed by atoms with E-state index in [2.05, 4.69) is 27.3 Å². The molecule has 1 unspecified atom stereocenters. The van der Waals surface area contributed by atoms with Gasteiger partial charge in [0.15, 0.2) is 17.4 Å². The van der Waals surface area contributed by atoms with E-state index in [1.807, 2.05) is 31.2 Å². The SMILES string of the molecule is C=CCOC(=O)c1ccc2c(c1C)CC[C@@H]2NC(=O)c1cc(C(=O)O)nc2ccnn12.CC1Oc2ccc(CN)cc2NC1=O.Cl. The van der Waals surface area contributed by atoms with Gasteiger partial charge in [-0.05, 0) is 67.1 Å². The number of fused-ring (bicyclic) bond motifs is 3. The maximum atomic E-state index is 13.0. The minimum atomic E-state index is -1.23. The summed E-state index contributed by atoms with van der Waals surface area (Å²) in [6.45, 7) is 7.72. The highest BCUT2D eigenvalue weighted by Crippen LogP contribution is 2.35. The molecule has 13 nitrogen and oxygen atoms in total. The van der Waals surface area contributed by atoms with Crippen molar-refractivity contribution in [2.75, 3.05) is 11.9 Å². The molecule has 0 bridgehead atoms. The van der Waals surface area contributed by atoms with Crippen molar-refractivity contribution in [3.8, 4) is 5.75 Å². The van der Waals surface area contributed by atoms with Crippen LogP contribution in [0.15, 0.2) is 61.3 Å². The van der Waals surface area contributed by atoms with Crippen LogP contribution in [0, 0.1) is 6.92 Å². The van der Waals surface area contributed by atoms with Gasteiger partial charge in [-0.15, -0.1) is 12.4 Å². The number of aromatic nitrogens is 3. The number of halogens is 1. The third-order valence-electron chi connectivity index (χ3n) is 7.57. The number of carbonyl (C=O) groups excluding carboxylic acids is 3. The van der Waals surface area contributed by atoms with Crippen molar-refractivity contribution in [3.63, 3.8) is 0 Å². The topological polar surface area (TPSA) is 187 Å². The molecule has 1 aliphatic heterocycles. The second-order valence-corrected chi connectivity index (χ2v) is 10.5. The lowest BCUT2D eigenvalue weighted by Crippen LogP contribution is -2.34. The van der Waals surface area contributed by atoms with Gasteiger partial charge < -0.3 is 30.9 Å². The summed E-state index contributed by atoms with van der Waals surface area (Å²) in [6, 6.07) is 11.5. The van der Waals surface area contributed by atoms with Gasteiger partial charge in [-0.2, -0.15) is 5.10 Å². The molecule has 2 aromatic carbocycles. The van der Waals surface area contributed by atoms with Gasteiger partial charge in [0.2, 0.25) is 0 Å². The fourth-order valence-electron chi connectivity index (χ4n) is 5.26. The molecule has 2 atom stereocenters. The van der Waals surface area contributed by atoms with Crippen LogP contribution in [0.4, 0.5) is 5.69 Å². The number of hydrogen-bond donors (Lipinski definition) is 4. The number of carboxylic acids is 1. The molecular formula is C32H33ClN6O7. The number of nitrogens with two attached hydrogens (primary N) is 1. The van der Waals surface area contributed by atoms with Crippen LogP contribution in [0.2, 0.25) is 0 Å². The Kier molecular flexibility index (Phi) is 10.4. The van der Waals surface area contributed by atoms with Crippen LogP contribution in [-0.2, 0) is 22.5 Å². The molecule has 3 heterocycles. The van der Waals surface area contributed by atoms with Gasteiger partial charge in [0, 0.05) is 18.7 Å². The monoisotopic (exact) mass is 648 g/mol. The van der Waals surface area contributed by atoms with Crippen LogP contribution in [0.5, 0.6) is 5.75 Å². The van der Waals surface area contributed by atoms with E-state index in [4.69, 9.17) is 15.2 Å². The van der Waals surface area contributed by atoms with Gasteiger partial charge in [-0.1, -0.05) is 24.8 Å². The van der Waals surface area contributed by atoms with E-state index in [0.29, 0.717) is 36.4 Å². The van der Waals surface area contributed by atoms with E-state index < -0.39 is 23.9 Å². The standard InChI is InChI=1S/C22H20N4O5.C10H12N2O2.ClH/c1-3-10-31-22(30)14-4-5-15-13(12(14)2)6-7-16(15)25-20(27)18-11-17(21(28)29)24-19-8-9-23-26(18)19;1-6-10(13)12-8-4-7(5-11)2-3-9(8)14-6;/h3-5,8-9,11,16H,1,6-7,10H2,2H3,(H,25,27)(H,28,29);2-4,6H,5,11H2,1H3,(H,12,13);1H/t16-;;/m0../s1. The number of hydrogen-bond acceptors (Lipinski definition) is 9. The molecule has 14 heteroatoms. The lowest BCUT2D eigenvalue weighted by atomic mass is 9.98. The predicted molar refractivity (Wildman–Crippen MR) is 170 cm³/mol. The largest absolute Gasteiger partial charge is 0.479 e. The Hall–Kier alpha value is -5.27. The predicted octanol–water partition coefficient (Wildman–Crippen LogP) is 3.78. The molecular weight excluding hydrogens is 616 g/mol. The molecule has 0 saturated carbocycles. The van der Waals surface area contributed by atoms with Gasteiger partial charge in [-0.25, -0.2) is 19.1 Å². The molecule has 240 valence electrons. The van der Waals surface area contributed by atoms with E-state index in [9.17, 15) is 24.3 Å². The third-order valence-corrected chi connectivity index (χ3v) is 7.57. The van der Waals surface area contributed by atoms with Gasteiger partial charge in [0.1, 0.15) is 18.1 Å². The Morgan fingerprint density at radius 3 is 2.74 bits per heavy atom. The lowest BCUT2D eigenvalue weighted by Gasteiger charge is -2.23. The van der Waals surface area contributed by atoms with Crippen LogP contribution < -0.4 is 21.1 Å². The molecule has 0 radical (unpaired) electrons. The first kappa shape index (κ1) is 33.6. The molecule has 0 saturated heterocycles. The summed E-state index contributed by atoms with van der Waals surface area (Å²) in [4.78, 5) is 51.9. The fraction of sp³-hybridized carbons (Fsp3) is 0.250. The van der Waals surface area contributed by atoms with Crippen LogP contribution in [-0.4, -0.2) is 56.2 Å². The first-order chi connectivity index (χ1) is 21.6. The highest BCUT2D eigenvalue weighted by Gasteiger charge is 2.29. The summed E-state index contributed by atoms with van der Waals surface area (Å²) in [5, 5.41) is 19.1. The summed E-state index contributed by atoms with van der Waals surface area (Å²) in [5.41, 5.74) is 10.5. The Labute approximate surface area is 270 Å². The van der Waals surface area contributed by atoms with Crippen LogP contribution in [0.25, 0.3) is 5.65 Å². The van der Waals surface area contributed by atoms with E-state index in [-0.39, 0.29) is 48.0 Å². The Balaban J connectivity index is 0.000000268. The second-order valence-electron chi connectivity index (χ2n) is 10.5. The second kappa shape index (κ2) is 14.2. The molecule has 2 amide bonds. The van der Waals surface area contributed by atoms with Gasteiger partial charge >= 0.3 is 11.9 Å². The molecule has 5 N–H and O–H groups in total. The number of amides is 2. The number of nitrogens with one attached hydrogen (secondary N) is 2. The Morgan fingerprint density at radius 2 is 2.02 bits per heavy atom. The fourth-order valence-corrected chi connectivity index (χ4v) is 5.26. The Morgan fingerprint density at radius 1 is 1.24 bits per heavy atom. The van der Waals surface area contributed by atoms with Crippen molar-refractivity contribution >= 4 is 47.5 Å². The first-order valence-corrected chi connectivity index (χ1v) is 14.2. The normalized spacial score (nSPS) is 15.9. The van der Waals surface area contributed by atoms with E-state index in [1.165, 1.54) is 28.9 Å². The number of esters is 1. The van der Waals surface area contributed by atoms with Gasteiger partial charge in [-0.3, -0.25) is 9.59 Å². The van der Waals surface area contributed by atoms with Crippen molar-refractivity contribution < 1.29 is 33.8 Å². The van der Waals surface area contributed by atoms with E-state index >= 15 is 0 Å². The quantitative estimate of drug-likeness (QED) is 0.170. The van der Waals surface area contributed by atoms with Crippen LogP contribution in [0.1, 0.15) is 73.0 Å². The van der Waals surface area contributed by atoms with E-state index in [1.54, 1.807) is 13.0 Å². The highest BCUT2D eigenvalue weighted by molar-refractivity contribution is 5.98. The van der Waals surface area contributed by atoms with Crippen molar-refractivity contribution in [3.05, 3.63) is 101 Å². The van der Waals surface area contributed by atoms with Crippen molar-refractivity contribution in [2.24, 2.45) is 5.73 Å². The number of rotatable bonds is 7. The number of carbonyl (C=O) groups is 4. The molecule has 4 aromatic rings. The van der Waals surface area contributed by atoms with Crippen molar-refractivity contribution in [1.29, 1.82) is 0 Å². The Bertz CT molecular complexity index is 1840. The first-order valence-electron chi connectivity index (χ1n) is 14.2. The van der Waals surface area contributed by atoms with Crippen molar-refractivity contribution in [2.45, 2.75) is 45.4 Å². The molecule has 1 aliphatic carbocycles. The number of nitrogens with zero attached hydrogens (tertiary/aromatic N) is 3. The number of carboxylic acid groups (broad SMARTS) is 1. The summed E-state index contributed by atoms with van der Waals surface area (Å²) >= 11 is 0. The molecule has 6 rings (SSSR count). The summed E-state index contributed by atoms with van der Waals surface area (Å²) in [7, 11) is 0. The molecule has 0 fully saturated rings. The molecule has 0 spiro atoms. The molecule has 2 aliphatic rings. The highest BCUT2D eigenvalue weighted by atomic mass is 35.5. The van der Waals surface area contributed by atoms with Crippen LogP contribution in [0.3, 0.4) is 0 Å². The van der Waals surface area contributed by atoms with Crippen molar-refractivity contribution in [1.82, 2.24) is 19.9 Å². The van der Waals surface area contributed by atoms with Gasteiger partial charge in [0.25, 0.3) is 11.8 Å². The van der Waals surface area contributed by atoms with Gasteiger partial charge in [0.05, 0.1) is 23.5 Å². The summed E-state index contributed by atoms with van der Waals surface area (Å²) in [6.07, 6.45) is 3.89. The number of benzene rings is 2. The number of ether oxygens (including phenoxy) is 2. The summed E-state index contributed by atoms with van der Waals surface area (Å²) < 4.78 is 11.8. The zero-order chi connectivity index (χ0) is 32.2. The maximum Gasteiger partial charge on any atom is 0.354 e.